The van der Waals surface area contributed by atoms with Gasteiger partial charge < -0.3 is 9.47 Å². The van der Waals surface area contributed by atoms with E-state index in [0.29, 0.717) is 16.9 Å². The lowest BCUT2D eigenvalue weighted by atomic mass is 9.76. The molecule has 4 heteroatoms. The van der Waals surface area contributed by atoms with Gasteiger partial charge in [-0.05, 0) is 61.6 Å². The fraction of sp³-hybridized carbons (Fsp3) is 0.273. The Morgan fingerprint density at radius 1 is 1.23 bits per heavy atom. The van der Waals surface area contributed by atoms with Crippen molar-refractivity contribution in [2.75, 3.05) is 0 Å². The number of hydrogen-bond donors (Lipinski definition) is 0. The highest BCUT2D eigenvalue weighted by Crippen LogP contribution is 2.49. The molecule has 1 fully saturated rings. The van der Waals surface area contributed by atoms with Crippen molar-refractivity contribution in [2.45, 2.75) is 32.8 Å². The zero-order valence-corrected chi connectivity index (χ0v) is 14.9. The molecule has 2 aromatic carbocycles. The van der Waals surface area contributed by atoms with Crippen LogP contribution in [0, 0.1) is 19.8 Å². The molecular weight excluding hydrogens is 328 g/mol. The molecule has 0 saturated carbocycles. The monoisotopic (exact) mass is 348 g/mol. The van der Waals surface area contributed by atoms with Crippen LogP contribution in [0.2, 0.25) is 0 Å². The highest BCUT2D eigenvalue weighted by Gasteiger charge is 2.44. The van der Waals surface area contributed by atoms with Crippen LogP contribution >= 0.6 is 0 Å². The van der Waals surface area contributed by atoms with Crippen molar-refractivity contribution in [1.29, 1.82) is 0 Å². The first-order chi connectivity index (χ1) is 12.5. The highest BCUT2D eigenvalue weighted by molar-refractivity contribution is 5.92. The Morgan fingerprint density at radius 2 is 1.96 bits per heavy atom. The van der Waals surface area contributed by atoms with Crippen LogP contribution < -0.4 is 4.74 Å². The van der Waals surface area contributed by atoms with Gasteiger partial charge in [-0.15, -0.1) is 0 Å². The summed E-state index contributed by atoms with van der Waals surface area (Å²) in [7, 11) is 0. The van der Waals surface area contributed by atoms with E-state index in [9.17, 15) is 9.59 Å². The summed E-state index contributed by atoms with van der Waals surface area (Å²) in [5, 5.41) is 0. The summed E-state index contributed by atoms with van der Waals surface area (Å²) >= 11 is 0. The molecule has 1 aliphatic heterocycles. The van der Waals surface area contributed by atoms with Crippen LogP contribution in [-0.4, -0.2) is 11.9 Å². The second-order valence-electron chi connectivity index (χ2n) is 6.96. The molecule has 2 aromatic rings. The Balaban J connectivity index is 1.74. The molecule has 0 N–H and O–H groups in total. The van der Waals surface area contributed by atoms with Crippen molar-refractivity contribution in [1.82, 2.24) is 0 Å². The highest BCUT2D eigenvalue weighted by atomic mass is 16.6. The topological polar surface area (TPSA) is 52.6 Å². The van der Waals surface area contributed by atoms with E-state index in [2.05, 4.69) is 6.58 Å². The number of rotatable bonds is 2. The lowest BCUT2D eigenvalue weighted by molar-refractivity contribution is -0.139. The minimum Gasteiger partial charge on any atom is -0.453 e. The molecule has 4 rings (SSSR count). The number of carbonyl (C=O) groups is 2. The van der Waals surface area contributed by atoms with Gasteiger partial charge in [0.1, 0.15) is 11.9 Å². The molecule has 1 aliphatic carbocycles. The molecule has 26 heavy (non-hydrogen) atoms. The predicted octanol–water partition coefficient (Wildman–Crippen LogP) is 4.24. The number of aryl methyl sites for hydroxylation is 1. The number of ether oxygens (including phenoxy) is 2. The van der Waals surface area contributed by atoms with E-state index < -0.39 is 5.97 Å². The zero-order chi connectivity index (χ0) is 18.4. The first-order valence-electron chi connectivity index (χ1n) is 8.77. The van der Waals surface area contributed by atoms with Crippen molar-refractivity contribution >= 4 is 11.9 Å². The van der Waals surface area contributed by atoms with E-state index in [4.69, 9.17) is 9.47 Å². The van der Waals surface area contributed by atoms with Gasteiger partial charge in [-0.3, -0.25) is 0 Å². The maximum atomic E-state index is 12.5. The van der Waals surface area contributed by atoms with Gasteiger partial charge in [0.15, 0.2) is 0 Å². The third kappa shape index (κ3) is 2.53. The van der Waals surface area contributed by atoms with Crippen LogP contribution in [0.25, 0.3) is 0 Å². The average Bonchev–Trinajstić information content (AvgIpc) is 2.94. The fourth-order valence-corrected chi connectivity index (χ4v) is 4.01. The maximum absolute atomic E-state index is 12.5. The Labute approximate surface area is 152 Å². The summed E-state index contributed by atoms with van der Waals surface area (Å²) in [5.41, 5.74) is 5.11. The van der Waals surface area contributed by atoms with E-state index in [1.54, 1.807) is 24.3 Å². The number of fused-ring (bicyclic) bond motifs is 3. The van der Waals surface area contributed by atoms with Crippen LogP contribution in [0.1, 0.15) is 45.1 Å². The Bertz CT molecular complexity index is 927. The predicted molar refractivity (Wildman–Crippen MR) is 97.1 cm³/mol. The maximum Gasteiger partial charge on any atom is 0.343 e. The summed E-state index contributed by atoms with van der Waals surface area (Å²) in [6.45, 7) is 7.82. The Hall–Kier alpha value is -2.88. The Morgan fingerprint density at radius 3 is 2.69 bits per heavy atom. The minimum atomic E-state index is -0.395. The molecular formula is C22H20O4. The van der Waals surface area contributed by atoms with E-state index in [1.807, 2.05) is 26.0 Å². The smallest absolute Gasteiger partial charge is 0.343 e. The van der Waals surface area contributed by atoms with Crippen LogP contribution in [0.3, 0.4) is 0 Å². The molecule has 2 aliphatic rings. The summed E-state index contributed by atoms with van der Waals surface area (Å²) in [6, 6.07) is 10.8. The second-order valence-corrected chi connectivity index (χ2v) is 6.96. The molecule has 0 spiro atoms. The number of esters is 2. The lowest BCUT2D eigenvalue weighted by Gasteiger charge is -2.30. The molecule has 0 radical (unpaired) electrons. The van der Waals surface area contributed by atoms with Crippen molar-refractivity contribution in [3.8, 4) is 5.75 Å². The van der Waals surface area contributed by atoms with Crippen LogP contribution in [-0.2, 0) is 16.0 Å². The van der Waals surface area contributed by atoms with E-state index in [1.165, 1.54) is 5.56 Å². The van der Waals surface area contributed by atoms with E-state index in [-0.39, 0.29) is 18.0 Å². The largest absolute Gasteiger partial charge is 0.453 e. The average molecular weight is 348 g/mol. The third-order valence-electron chi connectivity index (χ3n) is 5.43. The molecule has 1 heterocycles. The molecule has 1 saturated heterocycles. The van der Waals surface area contributed by atoms with Crippen molar-refractivity contribution in [2.24, 2.45) is 5.92 Å². The number of carbonyl (C=O) groups excluding carboxylic acids is 2. The molecule has 0 bridgehead atoms. The molecule has 0 aromatic heterocycles. The molecule has 2 atom stereocenters. The molecule has 4 nitrogen and oxygen atoms in total. The van der Waals surface area contributed by atoms with Gasteiger partial charge in [0, 0.05) is 17.1 Å². The molecule has 0 amide bonds. The standard InChI is InChI=1S/C22H20O4/c1-12-11-18(25-22(24)15-7-5-4-6-8-15)14(3)19-16(12)9-10-17-13(2)21(23)26-20(17)19/h4-8,11,17,20H,2,9-10H2,1,3H3. The van der Waals surface area contributed by atoms with Gasteiger partial charge in [0.25, 0.3) is 0 Å². The van der Waals surface area contributed by atoms with E-state index >= 15 is 0 Å². The van der Waals surface area contributed by atoms with Crippen molar-refractivity contribution in [3.63, 3.8) is 0 Å². The first kappa shape index (κ1) is 16.6. The van der Waals surface area contributed by atoms with Gasteiger partial charge in [-0.2, -0.15) is 0 Å². The van der Waals surface area contributed by atoms with Gasteiger partial charge in [0.2, 0.25) is 0 Å². The van der Waals surface area contributed by atoms with Gasteiger partial charge in [-0.1, -0.05) is 24.8 Å². The molecule has 132 valence electrons. The summed E-state index contributed by atoms with van der Waals surface area (Å²) in [5.74, 6) is -0.192. The van der Waals surface area contributed by atoms with Crippen molar-refractivity contribution in [3.05, 3.63) is 76.4 Å². The number of benzene rings is 2. The quantitative estimate of drug-likeness (QED) is 0.463. The van der Waals surface area contributed by atoms with Crippen LogP contribution in [0.4, 0.5) is 0 Å². The van der Waals surface area contributed by atoms with Gasteiger partial charge in [-0.25, -0.2) is 9.59 Å². The first-order valence-corrected chi connectivity index (χ1v) is 8.77. The number of hydrogen-bond acceptors (Lipinski definition) is 4. The van der Waals surface area contributed by atoms with Gasteiger partial charge in [0.05, 0.1) is 5.56 Å². The van der Waals surface area contributed by atoms with E-state index in [0.717, 1.165) is 29.5 Å². The zero-order valence-electron chi connectivity index (χ0n) is 14.9. The summed E-state index contributed by atoms with van der Waals surface area (Å²) < 4.78 is 11.3. The summed E-state index contributed by atoms with van der Waals surface area (Å²) in [4.78, 5) is 24.4. The van der Waals surface area contributed by atoms with Gasteiger partial charge >= 0.3 is 11.9 Å². The normalized spacial score (nSPS) is 21.0. The fourth-order valence-electron chi connectivity index (χ4n) is 4.01. The Kier molecular flexibility index (Phi) is 3.91. The lowest BCUT2D eigenvalue weighted by Crippen LogP contribution is -2.21. The minimum absolute atomic E-state index is 0.00757. The second kappa shape index (κ2) is 6.13. The SMILES string of the molecule is C=C1C(=O)OC2c3c(C)c(OC(=O)c4ccccc4)cc(C)c3CCC12. The third-order valence-corrected chi connectivity index (χ3v) is 5.43. The molecule has 2 unspecified atom stereocenters. The van der Waals surface area contributed by atoms with Crippen molar-refractivity contribution < 1.29 is 19.1 Å². The van der Waals surface area contributed by atoms with Crippen LogP contribution in [0.15, 0.2) is 48.6 Å². The van der Waals surface area contributed by atoms with Crippen LogP contribution in [0.5, 0.6) is 5.75 Å². The summed E-state index contributed by atoms with van der Waals surface area (Å²) in [6.07, 6.45) is 1.39.